The molecule has 0 unspecified atom stereocenters. The van der Waals surface area contributed by atoms with Gasteiger partial charge in [0.25, 0.3) is 0 Å². The third kappa shape index (κ3) is 1.40. The molecule has 0 bridgehead atoms. The molecule has 5 nitrogen and oxygen atoms in total. The molecule has 0 fully saturated rings. The Kier molecular flexibility index (Phi) is 2.20. The second kappa shape index (κ2) is 4.03. The van der Waals surface area contributed by atoms with E-state index >= 15 is 0 Å². The predicted octanol–water partition coefficient (Wildman–Crippen LogP) is 2.90. The molecule has 2 aromatic heterocycles. The van der Waals surface area contributed by atoms with E-state index in [4.69, 9.17) is 0 Å². The second-order valence-electron chi connectivity index (χ2n) is 4.50. The zero-order valence-electron chi connectivity index (χ0n) is 10.5. The number of aromatic nitrogens is 4. The highest BCUT2D eigenvalue weighted by Crippen LogP contribution is 2.28. The lowest BCUT2D eigenvalue weighted by atomic mass is 10.2. The van der Waals surface area contributed by atoms with E-state index in [9.17, 15) is 4.79 Å². The minimum absolute atomic E-state index is 0.236. The number of fused-ring (bicyclic) bond motifs is 3. The van der Waals surface area contributed by atoms with Crippen molar-refractivity contribution >= 4 is 27.8 Å². The highest BCUT2D eigenvalue weighted by atomic mass is 16.2. The van der Waals surface area contributed by atoms with Crippen molar-refractivity contribution in [2.75, 3.05) is 0 Å². The molecule has 0 radical (unpaired) electrons. The summed E-state index contributed by atoms with van der Waals surface area (Å²) in [6.45, 7) is 0. The van der Waals surface area contributed by atoms with Gasteiger partial charge in [0, 0.05) is 10.8 Å². The third-order valence-electron chi connectivity index (χ3n) is 3.39. The minimum atomic E-state index is -0.236. The fourth-order valence-corrected chi connectivity index (χ4v) is 2.54. The van der Waals surface area contributed by atoms with Crippen LogP contribution >= 0.6 is 0 Å². The molecule has 0 N–H and O–H groups in total. The average Bonchev–Trinajstić information content (AvgIpc) is 3.13. The number of carbonyl (C=O) groups excluding carboxylic acids is 1. The third-order valence-corrected chi connectivity index (χ3v) is 3.39. The molecule has 0 amide bonds. The lowest BCUT2D eigenvalue weighted by molar-refractivity contribution is 0.242. The van der Waals surface area contributed by atoms with Crippen LogP contribution in [0.15, 0.2) is 60.9 Å². The van der Waals surface area contributed by atoms with Crippen molar-refractivity contribution in [3.63, 3.8) is 0 Å². The monoisotopic (exact) mass is 262 g/mol. The molecule has 4 rings (SSSR count). The van der Waals surface area contributed by atoms with Gasteiger partial charge in [0.1, 0.15) is 0 Å². The Hall–Kier alpha value is -2.95. The zero-order chi connectivity index (χ0) is 13.5. The van der Waals surface area contributed by atoms with Crippen LogP contribution in [0.2, 0.25) is 0 Å². The van der Waals surface area contributed by atoms with Crippen molar-refractivity contribution in [1.82, 2.24) is 19.6 Å². The maximum Gasteiger partial charge on any atom is 0.355 e. The van der Waals surface area contributed by atoms with Crippen LogP contribution in [0.1, 0.15) is 0 Å². The Balaban J connectivity index is 2.13. The first-order chi connectivity index (χ1) is 9.86. The molecule has 0 saturated carbocycles. The normalized spacial score (nSPS) is 11.2. The van der Waals surface area contributed by atoms with Gasteiger partial charge >= 0.3 is 6.03 Å². The van der Waals surface area contributed by atoms with Gasteiger partial charge in [-0.3, -0.25) is 4.57 Å². The average molecular weight is 262 g/mol. The summed E-state index contributed by atoms with van der Waals surface area (Å²) in [5, 5.41) is 9.58. The van der Waals surface area contributed by atoms with Crippen LogP contribution in [0.5, 0.6) is 0 Å². The molecule has 0 aliphatic heterocycles. The molecule has 2 aromatic carbocycles. The van der Waals surface area contributed by atoms with Crippen molar-refractivity contribution in [2.24, 2.45) is 0 Å². The highest BCUT2D eigenvalue weighted by Gasteiger charge is 2.16. The number of benzene rings is 2. The molecule has 96 valence electrons. The highest BCUT2D eigenvalue weighted by molar-refractivity contribution is 6.13. The van der Waals surface area contributed by atoms with E-state index < -0.39 is 0 Å². The van der Waals surface area contributed by atoms with E-state index in [0.717, 1.165) is 21.8 Å². The van der Waals surface area contributed by atoms with Gasteiger partial charge in [-0.1, -0.05) is 41.6 Å². The Morgan fingerprint density at radius 2 is 1.50 bits per heavy atom. The van der Waals surface area contributed by atoms with Crippen molar-refractivity contribution < 1.29 is 4.79 Å². The van der Waals surface area contributed by atoms with Crippen LogP contribution in [0.3, 0.4) is 0 Å². The first kappa shape index (κ1) is 10.9. The molecule has 0 spiro atoms. The number of carbonyl (C=O) groups is 1. The minimum Gasteiger partial charge on any atom is -0.260 e. The lowest BCUT2D eigenvalue weighted by Gasteiger charge is -2.04. The zero-order valence-corrected chi connectivity index (χ0v) is 10.5. The number of nitrogens with zero attached hydrogens (tertiary/aromatic N) is 4. The summed E-state index contributed by atoms with van der Waals surface area (Å²) in [5.41, 5.74) is 1.74. The van der Waals surface area contributed by atoms with Gasteiger partial charge in [0.05, 0.1) is 23.4 Å². The van der Waals surface area contributed by atoms with Crippen LogP contribution in [-0.2, 0) is 0 Å². The van der Waals surface area contributed by atoms with E-state index in [-0.39, 0.29) is 6.03 Å². The van der Waals surface area contributed by atoms with Gasteiger partial charge in [0.15, 0.2) is 0 Å². The topological polar surface area (TPSA) is 52.7 Å². The fourth-order valence-electron chi connectivity index (χ4n) is 2.54. The van der Waals surface area contributed by atoms with Gasteiger partial charge in [-0.15, -0.1) is 5.10 Å². The molecule has 0 saturated heterocycles. The van der Waals surface area contributed by atoms with E-state index in [2.05, 4.69) is 10.3 Å². The van der Waals surface area contributed by atoms with Crippen LogP contribution in [0.25, 0.3) is 21.8 Å². The summed E-state index contributed by atoms with van der Waals surface area (Å²) in [4.78, 5) is 12.6. The lowest BCUT2D eigenvalue weighted by Crippen LogP contribution is -2.19. The molecular weight excluding hydrogens is 252 g/mol. The number of para-hydroxylation sites is 2. The predicted molar refractivity (Wildman–Crippen MR) is 75.7 cm³/mol. The van der Waals surface area contributed by atoms with Gasteiger partial charge < -0.3 is 0 Å². The Morgan fingerprint density at radius 3 is 2.05 bits per heavy atom. The fraction of sp³-hybridized carbons (Fsp3) is 0. The SMILES string of the molecule is O=C(n1ccnn1)n1c2ccccc2c2ccccc21. The van der Waals surface area contributed by atoms with Crippen molar-refractivity contribution in [1.29, 1.82) is 0 Å². The number of hydrogen-bond donors (Lipinski definition) is 0. The van der Waals surface area contributed by atoms with E-state index in [1.807, 2.05) is 48.5 Å². The van der Waals surface area contributed by atoms with Crippen LogP contribution < -0.4 is 0 Å². The summed E-state index contributed by atoms with van der Waals surface area (Å²) >= 11 is 0. The molecule has 2 heterocycles. The quantitative estimate of drug-likeness (QED) is 0.489. The summed E-state index contributed by atoms with van der Waals surface area (Å²) in [6.07, 6.45) is 3.04. The van der Waals surface area contributed by atoms with Crippen molar-refractivity contribution in [2.45, 2.75) is 0 Å². The molecule has 0 aliphatic rings. The molecule has 0 aliphatic carbocycles. The maximum atomic E-state index is 12.6. The standard InChI is InChI=1S/C15H10N4O/c20-15(18-10-9-16-17-18)19-13-7-3-1-5-11(13)12-6-2-4-8-14(12)19/h1-10H. The van der Waals surface area contributed by atoms with E-state index in [1.165, 1.54) is 10.9 Å². The summed E-state index contributed by atoms with van der Waals surface area (Å²) in [5.74, 6) is 0. The molecule has 5 heteroatoms. The largest absolute Gasteiger partial charge is 0.355 e. The van der Waals surface area contributed by atoms with Crippen molar-refractivity contribution in [3.05, 3.63) is 60.9 Å². The van der Waals surface area contributed by atoms with Gasteiger partial charge in [-0.05, 0) is 12.1 Å². The van der Waals surface area contributed by atoms with E-state index in [0.29, 0.717) is 0 Å². The van der Waals surface area contributed by atoms with Gasteiger partial charge in [0.2, 0.25) is 0 Å². The Morgan fingerprint density at radius 1 is 0.900 bits per heavy atom. The van der Waals surface area contributed by atoms with Gasteiger partial charge in [-0.2, -0.15) is 4.68 Å². The molecule has 20 heavy (non-hydrogen) atoms. The maximum absolute atomic E-state index is 12.6. The number of hydrogen-bond acceptors (Lipinski definition) is 3. The van der Waals surface area contributed by atoms with Crippen LogP contribution in [-0.4, -0.2) is 25.6 Å². The van der Waals surface area contributed by atoms with Crippen LogP contribution in [0.4, 0.5) is 4.79 Å². The Bertz CT molecular complexity index is 868. The first-order valence-corrected chi connectivity index (χ1v) is 6.25. The first-order valence-electron chi connectivity index (χ1n) is 6.25. The summed E-state index contributed by atoms with van der Waals surface area (Å²) in [6, 6.07) is 15.5. The molecule has 0 atom stereocenters. The molecular formula is C15H10N4O. The van der Waals surface area contributed by atoms with E-state index in [1.54, 1.807) is 10.8 Å². The smallest absolute Gasteiger partial charge is 0.260 e. The summed E-state index contributed by atoms with van der Waals surface area (Å²) < 4.78 is 2.90. The molecule has 4 aromatic rings. The van der Waals surface area contributed by atoms with Crippen molar-refractivity contribution in [3.8, 4) is 0 Å². The number of rotatable bonds is 0. The summed E-state index contributed by atoms with van der Waals surface area (Å²) in [7, 11) is 0. The Labute approximate surface area is 114 Å². The van der Waals surface area contributed by atoms with Gasteiger partial charge in [-0.25, -0.2) is 4.79 Å². The van der Waals surface area contributed by atoms with Crippen LogP contribution in [0, 0.1) is 0 Å². The second-order valence-corrected chi connectivity index (χ2v) is 4.50.